The Labute approximate surface area is 103 Å². The zero-order valence-corrected chi connectivity index (χ0v) is 9.96. The van der Waals surface area contributed by atoms with Gasteiger partial charge in [-0.2, -0.15) is 0 Å². The molecule has 0 aliphatic rings. The highest BCUT2D eigenvalue weighted by Gasteiger charge is 2.05. The summed E-state index contributed by atoms with van der Waals surface area (Å²) in [6.07, 6.45) is 0.577. The highest BCUT2D eigenvalue weighted by molar-refractivity contribution is 5.86. The normalized spacial score (nSPS) is 10.5. The maximum absolute atomic E-state index is 11.2. The number of aromatic nitrogens is 3. The summed E-state index contributed by atoms with van der Waals surface area (Å²) in [7, 11) is 0. The molecule has 0 bridgehead atoms. The molecule has 94 valence electrons. The van der Waals surface area contributed by atoms with E-state index in [9.17, 15) is 4.79 Å². The van der Waals surface area contributed by atoms with Gasteiger partial charge in [-0.15, -0.1) is 10.2 Å². The lowest BCUT2D eigenvalue weighted by Gasteiger charge is -2.04. The van der Waals surface area contributed by atoms with Crippen LogP contribution in [0.15, 0.2) is 30.4 Å². The molecule has 0 atom stereocenters. The predicted octanol–water partition coefficient (Wildman–Crippen LogP) is 1.33. The summed E-state index contributed by atoms with van der Waals surface area (Å²) in [6.45, 7) is 5.39. The first-order chi connectivity index (χ1) is 8.56. The Kier molecular flexibility index (Phi) is 3.27. The van der Waals surface area contributed by atoms with E-state index >= 15 is 0 Å². The lowest BCUT2D eigenvalue weighted by Crippen LogP contribution is -2.07. The summed E-state index contributed by atoms with van der Waals surface area (Å²) in [5, 5.41) is 16.6. The van der Waals surface area contributed by atoms with Crippen molar-refractivity contribution in [3.8, 4) is 0 Å². The predicted molar refractivity (Wildman–Crippen MR) is 64.2 cm³/mol. The molecule has 0 spiro atoms. The fraction of sp³-hybridized carbons (Fsp3) is 0.250. The summed E-state index contributed by atoms with van der Waals surface area (Å²) < 4.78 is 5.00. The zero-order valence-electron chi connectivity index (χ0n) is 9.96. The van der Waals surface area contributed by atoms with E-state index < -0.39 is 5.97 Å². The minimum absolute atomic E-state index is 0.282. The van der Waals surface area contributed by atoms with Gasteiger partial charge in [-0.05, 0) is 29.6 Å². The molecule has 0 unspecified atom stereocenters. The molecular formula is C12H13N3O3. The van der Waals surface area contributed by atoms with E-state index in [4.69, 9.17) is 9.94 Å². The molecule has 18 heavy (non-hydrogen) atoms. The number of hydrogen-bond donors (Lipinski definition) is 1. The molecule has 1 heterocycles. The van der Waals surface area contributed by atoms with Gasteiger partial charge in [0.1, 0.15) is 11.0 Å². The zero-order chi connectivity index (χ0) is 13.1. The SMILES string of the molecule is C=C(C)C(=O)OCCc1ccc2nn(O)nc2c1. The monoisotopic (exact) mass is 247 g/mol. The summed E-state index contributed by atoms with van der Waals surface area (Å²) in [5.74, 6) is -0.391. The summed E-state index contributed by atoms with van der Waals surface area (Å²) in [5.41, 5.74) is 2.55. The van der Waals surface area contributed by atoms with Crippen LogP contribution in [0.5, 0.6) is 0 Å². The lowest BCUT2D eigenvalue weighted by atomic mass is 10.1. The third kappa shape index (κ3) is 2.65. The van der Waals surface area contributed by atoms with E-state index in [0.29, 0.717) is 28.0 Å². The molecule has 0 aliphatic heterocycles. The van der Waals surface area contributed by atoms with Crippen molar-refractivity contribution in [2.45, 2.75) is 13.3 Å². The van der Waals surface area contributed by atoms with Crippen LogP contribution >= 0.6 is 0 Å². The Balaban J connectivity index is 1.99. The number of carbonyl (C=O) groups is 1. The highest BCUT2D eigenvalue weighted by Crippen LogP contribution is 2.12. The Hall–Kier alpha value is -2.37. The Bertz CT molecular complexity index is 604. The molecule has 1 aromatic carbocycles. The van der Waals surface area contributed by atoms with Crippen molar-refractivity contribution in [3.63, 3.8) is 0 Å². The summed E-state index contributed by atoms with van der Waals surface area (Å²) in [4.78, 5) is 11.7. The van der Waals surface area contributed by atoms with Crippen LogP contribution < -0.4 is 0 Å². The quantitative estimate of drug-likeness (QED) is 0.501. The lowest BCUT2D eigenvalue weighted by molar-refractivity contribution is -0.138. The Morgan fingerprint density at radius 2 is 2.17 bits per heavy atom. The second-order valence-electron chi connectivity index (χ2n) is 3.96. The number of nitrogens with zero attached hydrogens (tertiary/aromatic N) is 3. The van der Waals surface area contributed by atoms with Crippen molar-refractivity contribution in [1.82, 2.24) is 15.2 Å². The van der Waals surface area contributed by atoms with E-state index in [1.165, 1.54) is 0 Å². The van der Waals surface area contributed by atoms with Crippen molar-refractivity contribution >= 4 is 17.0 Å². The van der Waals surface area contributed by atoms with Gasteiger partial charge in [-0.25, -0.2) is 4.79 Å². The second kappa shape index (κ2) is 4.87. The average molecular weight is 247 g/mol. The minimum Gasteiger partial charge on any atom is -0.462 e. The standard InChI is InChI=1S/C12H13N3O3/c1-8(2)12(16)18-6-5-9-3-4-10-11(7-9)14-15(17)13-10/h3-4,7,17H,1,5-6H2,2H3. The molecule has 0 fully saturated rings. The third-order valence-electron chi connectivity index (χ3n) is 2.41. The molecule has 0 saturated carbocycles. The maximum atomic E-state index is 11.2. The number of fused-ring (bicyclic) bond motifs is 1. The van der Waals surface area contributed by atoms with Crippen LogP contribution in [-0.2, 0) is 16.0 Å². The molecule has 6 heteroatoms. The molecule has 1 aromatic heterocycles. The van der Waals surface area contributed by atoms with Gasteiger partial charge < -0.3 is 9.94 Å². The molecular weight excluding hydrogens is 234 g/mol. The van der Waals surface area contributed by atoms with Crippen molar-refractivity contribution in [2.24, 2.45) is 0 Å². The first-order valence-corrected chi connectivity index (χ1v) is 5.44. The number of rotatable bonds is 4. The molecule has 2 aromatic rings. The van der Waals surface area contributed by atoms with Gasteiger partial charge in [0.25, 0.3) is 0 Å². The van der Waals surface area contributed by atoms with Gasteiger partial charge in [-0.1, -0.05) is 12.6 Å². The molecule has 6 nitrogen and oxygen atoms in total. The van der Waals surface area contributed by atoms with E-state index in [1.54, 1.807) is 19.1 Å². The van der Waals surface area contributed by atoms with E-state index in [0.717, 1.165) is 5.56 Å². The van der Waals surface area contributed by atoms with Crippen molar-refractivity contribution in [1.29, 1.82) is 0 Å². The van der Waals surface area contributed by atoms with Crippen LogP contribution in [0.4, 0.5) is 0 Å². The fourth-order valence-corrected chi connectivity index (χ4v) is 1.49. The topological polar surface area (TPSA) is 77.2 Å². The van der Waals surface area contributed by atoms with Gasteiger partial charge in [-0.3, -0.25) is 0 Å². The van der Waals surface area contributed by atoms with Gasteiger partial charge >= 0.3 is 5.97 Å². The first kappa shape index (κ1) is 12.1. The van der Waals surface area contributed by atoms with Gasteiger partial charge in [0.15, 0.2) is 0 Å². The van der Waals surface area contributed by atoms with Crippen LogP contribution in [0.1, 0.15) is 12.5 Å². The molecule has 0 aliphatic carbocycles. The smallest absolute Gasteiger partial charge is 0.333 e. The van der Waals surface area contributed by atoms with Crippen molar-refractivity contribution in [2.75, 3.05) is 6.61 Å². The third-order valence-corrected chi connectivity index (χ3v) is 2.41. The van der Waals surface area contributed by atoms with Crippen LogP contribution in [0.3, 0.4) is 0 Å². The molecule has 0 amide bonds. The van der Waals surface area contributed by atoms with Crippen molar-refractivity contribution < 1.29 is 14.7 Å². The Morgan fingerprint density at radius 3 is 2.89 bits per heavy atom. The second-order valence-corrected chi connectivity index (χ2v) is 3.96. The summed E-state index contributed by atoms with van der Waals surface area (Å²) >= 11 is 0. The van der Waals surface area contributed by atoms with Crippen molar-refractivity contribution in [3.05, 3.63) is 35.9 Å². The molecule has 0 radical (unpaired) electrons. The van der Waals surface area contributed by atoms with Crippen LogP contribution in [-0.4, -0.2) is 32.9 Å². The minimum atomic E-state index is -0.391. The first-order valence-electron chi connectivity index (χ1n) is 5.44. The van der Waals surface area contributed by atoms with Crippen LogP contribution in [0.25, 0.3) is 11.0 Å². The largest absolute Gasteiger partial charge is 0.462 e. The van der Waals surface area contributed by atoms with Crippen LogP contribution in [0.2, 0.25) is 0 Å². The number of esters is 1. The van der Waals surface area contributed by atoms with Gasteiger partial charge in [0, 0.05) is 12.0 Å². The number of hydrogen-bond acceptors (Lipinski definition) is 5. The number of carbonyl (C=O) groups excluding carboxylic acids is 1. The average Bonchev–Trinajstić information content (AvgIpc) is 2.68. The van der Waals surface area contributed by atoms with Gasteiger partial charge in [0.2, 0.25) is 0 Å². The van der Waals surface area contributed by atoms with E-state index in [2.05, 4.69) is 16.8 Å². The fourth-order valence-electron chi connectivity index (χ4n) is 1.49. The number of benzene rings is 1. The van der Waals surface area contributed by atoms with E-state index in [-0.39, 0.29) is 6.61 Å². The highest BCUT2D eigenvalue weighted by atomic mass is 16.5. The number of ether oxygens (including phenoxy) is 1. The molecule has 2 rings (SSSR count). The van der Waals surface area contributed by atoms with Gasteiger partial charge in [0.05, 0.1) is 6.61 Å². The maximum Gasteiger partial charge on any atom is 0.333 e. The Morgan fingerprint density at radius 1 is 1.44 bits per heavy atom. The summed E-state index contributed by atoms with van der Waals surface area (Å²) in [6, 6.07) is 5.40. The molecule has 1 N–H and O–H groups in total. The van der Waals surface area contributed by atoms with Crippen LogP contribution in [0, 0.1) is 0 Å². The van der Waals surface area contributed by atoms with E-state index in [1.807, 2.05) is 6.07 Å². The molecule has 0 saturated heterocycles.